The second-order valence-electron chi connectivity index (χ2n) is 4.19. The van der Waals surface area contributed by atoms with E-state index in [9.17, 15) is 0 Å². The van der Waals surface area contributed by atoms with Crippen molar-refractivity contribution in [3.63, 3.8) is 0 Å². The molecule has 17 heavy (non-hydrogen) atoms. The van der Waals surface area contributed by atoms with Crippen LogP contribution in [0, 0.1) is 5.92 Å². The van der Waals surface area contributed by atoms with Crippen LogP contribution in [0.4, 0.5) is 0 Å². The van der Waals surface area contributed by atoms with Crippen LogP contribution >= 0.6 is 11.6 Å². The summed E-state index contributed by atoms with van der Waals surface area (Å²) in [4.78, 5) is 0. The first-order chi connectivity index (χ1) is 7.95. The number of nitrogens with two attached hydrogens (primary N) is 1. The molecule has 4 nitrogen and oxygen atoms in total. The largest absolute Gasteiger partial charge is 0.490 e. The summed E-state index contributed by atoms with van der Waals surface area (Å²) in [5.41, 5.74) is 6.07. The summed E-state index contributed by atoms with van der Waals surface area (Å²) in [6, 6.07) is 5.03. The van der Waals surface area contributed by atoms with Gasteiger partial charge in [0.05, 0.1) is 11.7 Å². The van der Waals surface area contributed by atoms with Crippen LogP contribution in [0.3, 0.4) is 0 Å². The normalized spacial score (nSPS) is 13.8. The summed E-state index contributed by atoms with van der Waals surface area (Å²) in [5.74, 6) is 0.912. The Bertz CT molecular complexity index is 419. The average molecular weight is 257 g/mol. The number of hydrogen-bond acceptors (Lipinski definition) is 3. The highest BCUT2D eigenvalue weighted by atomic mass is 35.5. The molecule has 1 aromatic rings. The molecule has 0 saturated carbocycles. The summed E-state index contributed by atoms with van der Waals surface area (Å²) in [6.45, 7) is 6.09. The maximum Gasteiger partial charge on any atom is 0.173 e. The Morgan fingerprint density at radius 1 is 1.41 bits per heavy atom. The van der Waals surface area contributed by atoms with Gasteiger partial charge < -0.3 is 15.7 Å². The van der Waals surface area contributed by atoms with Gasteiger partial charge in [-0.1, -0.05) is 30.6 Å². The summed E-state index contributed by atoms with van der Waals surface area (Å²) in [5, 5.41) is 12.2. The maximum absolute atomic E-state index is 8.71. The molecule has 0 heterocycles. The summed E-state index contributed by atoms with van der Waals surface area (Å²) in [6.07, 6.45) is 0.0291. The average Bonchev–Trinajstić information content (AvgIpc) is 2.30. The molecular formula is C12H17ClN2O2. The molecular weight excluding hydrogens is 240 g/mol. The summed E-state index contributed by atoms with van der Waals surface area (Å²) >= 11 is 5.87. The molecule has 94 valence electrons. The first-order valence-electron chi connectivity index (χ1n) is 5.39. The van der Waals surface area contributed by atoms with Crippen LogP contribution in [-0.4, -0.2) is 17.1 Å². The summed E-state index contributed by atoms with van der Waals surface area (Å²) in [7, 11) is 0. The van der Waals surface area contributed by atoms with Crippen molar-refractivity contribution in [2.45, 2.75) is 26.9 Å². The zero-order valence-corrected chi connectivity index (χ0v) is 10.9. The van der Waals surface area contributed by atoms with E-state index < -0.39 is 0 Å². The predicted molar refractivity (Wildman–Crippen MR) is 68.9 cm³/mol. The SMILES string of the molecule is CC(C)C(C)Oc1ccc(Cl)cc1C(N)=NO. The van der Waals surface area contributed by atoms with Crippen molar-refractivity contribution >= 4 is 17.4 Å². The fraction of sp³-hybridized carbons (Fsp3) is 0.417. The van der Waals surface area contributed by atoms with Gasteiger partial charge in [0.15, 0.2) is 5.84 Å². The molecule has 0 aliphatic rings. The van der Waals surface area contributed by atoms with Gasteiger partial charge in [-0.3, -0.25) is 0 Å². The van der Waals surface area contributed by atoms with Crippen molar-refractivity contribution < 1.29 is 9.94 Å². The fourth-order valence-corrected chi connectivity index (χ4v) is 1.37. The van der Waals surface area contributed by atoms with E-state index in [0.717, 1.165) is 0 Å². The van der Waals surface area contributed by atoms with Crippen molar-refractivity contribution in [3.8, 4) is 5.75 Å². The Morgan fingerprint density at radius 2 is 2.06 bits per heavy atom. The van der Waals surface area contributed by atoms with Crippen LogP contribution in [0.25, 0.3) is 0 Å². The zero-order chi connectivity index (χ0) is 13.0. The Balaban J connectivity index is 3.07. The van der Waals surface area contributed by atoms with E-state index in [-0.39, 0.29) is 11.9 Å². The van der Waals surface area contributed by atoms with E-state index in [1.807, 2.05) is 6.92 Å². The number of oxime groups is 1. The molecule has 0 amide bonds. The molecule has 0 aliphatic carbocycles. The van der Waals surface area contributed by atoms with Gasteiger partial charge in [-0.25, -0.2) is 0 Å². The van der Waals surface area contributed by atoms with Crippen LogP contribution in [0.15, 0.2) is 23.4 Å². The fourth-order valence-electron chi connectivity index (χ4n) is 1.20. The molecule has 3 N–H and O–H groups in total. The van der Waals surface area contributed by atoms with Gasteiger partial charge in [0.2, 0.25) is 0 Å². The number of amidine groups is 1. The minimum absolute atomic E-state index is 0.0153. The molecule has 0 saturated heterocycles. The monoisotopic (exact) mass is 256 g/mol. The van der Waals surface area contributed by atoms with Gasteiger partial charge >= 0.3 is 0 Å². The number of rotatable bonds is 4. The molecule has 0 bridgehead atoms. The topological polar surface area (TPSA) is 67.8 Å². The number of halogens is 1. The second-order valence-corrected chi connectivity index (χ2v) is 4.63. The van der Waals surface area contributed by atoms with E-state index in [1.165, 1.54) is 0 Å². The van der Waals surface area contributed by atoms with Crippen molar-refractivity contribution in [2.75, 3.05) is 0 Å². The van der Waals surface area contributed by atoms with Crippen LogP contribution in [0.5, 0.6) is 5.75 Å². The lowest BCUT2D eigenvalue weighted by atomic mass is 10.1. The quantitative estimate of drug-likeness (QED) is 0.377. The first-order valence-corrected chi connectivity index (χ1v) is 5.77. The Kier molecular flexibility index (Phi) is 4.63. The lowest BCUT2D eigenvalue weighted by Gasteiger charge is -2.20. The minimum atomic E-state index is -0.0153. The lowest BCUT2D eigenvalue weighted by Crippen LogP contribution is -2.22. The molecule has 1 unspecified atom stereocenters. The van der Waals surface area contributed by atoms with Crippen LogP contribution in [-0.2, 0) is 0 Å². The van der Waals surface area contributed by atoms with Crippen LogP contribution in [0.1, 0.15) is 26.3 Å². The molecule has 5 heteroatoms. The van der Waals surface area contributed by atoms with E-state index in [0.29, 0.717) is 22.3 Å². The van der Waals surface area contributed by atoms with Gasteiger partial charge in [0, 0.05) is 5.02 Å². The maximum atomic E-state index is 8.71. The highest BCUT2D eigenvalue weighted by Crippen LogP contribution is 2.25. The minimum Gasteiger partial charge on any atom is -0.490 e. The van der Waals surface area contributed by atoms with Crippen molar-refractivity contribution in [1.82, 2.24) is 0 Å². The third-order valence-electron chi connectivity index (χ3n) is 2.58. The Morgan fingerprint density at radius 3 is 2.59 bits per heavy atom. The number of ether oxygens (including phenoxy) is 1. The molecule has 1 atom stereocenters. The number of benzene rings is 1. The third kappa shape index (κ3) is 3.53. The van der Waals surface area contributed by atoms with Gasteiger partial charge in [-0.2, -0.15) is 0 Å². The molecule has 0 spiro atoms. The molecule has 0 radical (unpaired) electrons. The van der Waals surface area contributed by atoms with E-state index >= 15 is 0 Å². The molecule has 0 aliphatic heterocycles. The third-order valence-corrected chi connectivity index (χ3v) is 2.81. The lowest BCUT2D eigenvalue weighted by molar-refractivity contribution is 0.170. The summed E-state index contributed by atoms with van der Waals surface area (Å²) < 4.78 is 5.75. The van der Waals surface area contributed by atoms with Gasteiger partial charge in [0.1, 0.15) is 5.75 Å². The van der Waals surface area contributed by atoms with E-state index in [2.05, 4.69) is 19.0 Å². The molecule has 1 aromatic carbocycles. The van der Waals surface area contributed by atoms with Crippen molar-refractivity contribution in [2.24, 2.45) is 16.8 Å². The van der Waals surface area contributed by atoms with Gasteiger partial charge in [-0.15, -0.1) is 0 Å². The van der Waals surface area contributed by atoms with Crippen molar-refractivity contribution in [3.05, 3.63) is 28.8 Å². The van der Waals surface area contributed by atoms with Crippen LogP contribution in [0.2, 0.25) is 5.02 Å². The van der Waals surface area contributed by atoms with Crippen LogP contribution < -0.4 is 10.5 Å². The smallest absolute Gasteiger partial charge is 0.173 e. The highest BCUT2D eigenvalue weighted by Gasteiger charge is 2.14. The second kappa shape index (κ2) is 5.77. The molecule has 0 fully saturated rings. The Hall–Kier alpha value is -1.42. The number of hydrogen-bond donors (Lipinski definition) is 2. The predicted octanol–water partition coefficient (Wildman–Crippen LogP) is 2.86. The number of nitrogens with zero attached hydrogens (tertiary/aromatic N) is 1. The van der Waals surface area contributed by atoms with Crippen molar-refractivity contribution in [1.29, 1.82) is 0 Å². The zero-order valence-electron chi connectivity index (χ0n) is 10.1. The molecule has 1 rings (SSSR count). The standard InChI is InChI=1S/C12H17ClN2O2/c1-7(2)8(3)17-11-5-4-9(13)6-10(11)12(14)15-16/h4-8,16H,1-3H3,(H2,14,15). The first kappa shape index (κ1) is 13.6. The van der Waals surface area contributed by atoms with E-state index in [4.69, 9.17) is 27.3 Å². The molecule has 0 aromatic heterocycles. The van der Waals surface area contributed by atoms with E-state index in [1.54, 1.807) is 18.2 Å². The van der Waals surface area contributed by atoms with Gasteiger partial charge in [0.25, 0.3) is 0 Å². The Labute approximate surface area is 106 Å². The van der Waals surface area contributed by atoms with Gasteiger partial charge in [-0.05, 0) is 31.0 Å². The highest BCUT2D eigenvalue weighted by molar-refractivity contribution is 6.31.